The average molecular weight is 669 g/mol. The molecule has 0 fully saturated rings. The molecule has 2 amide bonds. The Kier molecular flexibility index (Phi) is 11.5. The van der Waals surface area contributed by atoms with Crippen LogP contribution < -0.4 is 9.62 Å². The van der Waals surface area contributed by atoms with E-state index < -0.39 is 28.5 Å². The second-order valence-corrected chi connectivity index (χ2v) is 12.9. The standard InChI is InChI=1S/C29H32BrCl2N3O4S/c1-4-20(3)33-29(37)27(5-2)34(18-24-25(31)12-9-13-26(24)32)28(36)19-35(22-16-14-21(30)15-17-22)40(38,39)23-10-7-6-8-11-23/h6-17,20,27H,4-5,18-19H2,1-3H3,(H,33,37)/t20-,27-/m1/s1. The lowest BCUT2D eigenvalue weighted by molar-refractivity contribution is -0.140. The number of halogens is 3. The summed E-state index contributed by atoms with van der Waals surface area (Å²) in [6, 6.07) is 18.5. The van der Waals surface area contributed by atoms with Crippen LogP contribution in [-0.4, -0.2) is 43.8 Å². The molecule has 7 nitrogen and oxygen atoms in total. The number of benzene rings is 3. The fraction of sp³-hybridized carbons (Fsp3) is 0.310. The van der Waals surface area contributed by atoms with Gasteiger partial charge in [-0.05, 0) is 68.3 Å². The van der Waals surface area contributed by atoms with E-state index in [2.05, 4.69) is 21.2 Å². The summed E-state index contributed by atoms with van der Waals surface area (Å²) in [7, 11) is -4.14. The zero-order valence-corrected chi connectivity index (χ0v) is 26.4. The highest BCUT2D eigenvalue weighted by atomic mass is 79.9. The maximum atomic E-state index is 14.1. The van der Waals surface area contributed by atoms with Crippen LogP contribution in [0.3, 0.4) is 0 Å². The summed E-state index contributed by atoms with van der Waals surface area (Å²) >= 11 is 16.3. The summed E-state index contributed by atoms with van der Waals surface area (Å²) in [6.07, 6.45) is 0.999. The van der Waals surface area contributed by atoms with Gasteiger partial charge in [0.05, 0.1) is 10.6 Å². The van der Waals surface area contributed by atoms with Crippen LogP contribution in [0.5, 0.6) is 0 Å². The first kappa shape index (κ1) is 31.9. The van der Waals surface area contributed by atoms with Gasteiger partial charge >= 0.3 is 0 Å². The SMILES string of the molecule is CC[C@@H](C)NC(=O)[C@@H](CC)N(Cc1c(Cl)cccc1Cl)C(=O)CN(c1ccc(Br)cc1)S(=O)(=O)c1ccccc1. The number of carbonyl (C=O) groups is 2. The summed E-state index contributed by atoms with van der Waals surface area (Å²) in [5, 5.41) is 3.62. The number of hydrogen-bond acceptors (Lipinski definition) is 4. The van der Waals surface area contributed by atoms with Crippen LogP contribution in [0.1, 0.15) is 39.2 Å². The van der Waals surface area contributed by atoms with Gasteiger partial charge in [-0.1, -0.05) is 77.2 Å². The number of carbonyl (C=O) groups excluding carboxylic acids is 2. The molecule has 0 aliphatic heterocycles. The van der Waals surface area contributed by atoms with E-state index in [-0.39, 0.29) is 23.4 Å². The van der Waals surface area contributed by atoms with E-state index in [9.17, 15) is 18.0 Å². The van der Waals surface area contributed by atoms with Crippen LogP contribution in [0.15, 0.2) is 82.2 Å². The molecule has 0 radical (unpaired) electrons. The number of rotatable bonds is 12. The van der Waals surface area contributed by atoms with Crippen molar-refractivity contribution in [1.29, 1.82) is 0 Å². The van der Waals surface area contributed by atoms with Crippen molar-refractivity contribution in [3.05, 3.63) is 92.9 Å². The first-order chi connectivity index (χ1) is 19.0. The molecule has 0 saturated carbocycles. The maximum Gasteiger partial charge on any atom is 0.264 e. The Balaban J connectivity index is 2.08. The molecule has 0 bridgehead atoms. The molecule has 11 heteroatoms. The molecule has 3 aromatic carbocycles. The number of amides is 2. The van der Waals surface area contributed by atoms with Crippen molar-refractivity contribution in [2.45, 2.75) is 57.1 Å². The Morgan fingerprint density at radius 3 is 2.05 bits per heavy atom. The number of anilines is 1. The fourth-order valence-electron chi connectivity index (χ4n) is 4.07. The van der Waals surface area contributed by atoms with E-state index >= 15 is 0 Å². The molecule has 40 heavy (non-hydrogen) atoms. The first-order valence-corrected chi connectivity index (χ1v) is 15.8. The van der Waals surface area contributed by atoms with Crippen LogP contribution in [0, 0.1) is 0 Å². The Morgan fingerprint density at radius 1 is 0.900 bits per heavy atom. The van der Waals surface area contributed by atoms with Crippen molar-refractivity contribution < 1.29 is 18.0 Å². The van der Waals surface area contributed by atoms with E-state index in [1.807, 2.05) is 13.8 Å². The lowest BCUT2D eigenvalue weighted by Crippen LogP contribution is -2.53. The zero-order valence-electron chi connectivity index (χ0n) is 22.5. The average Bonchev–Trinajstić information content (AvgIpc) is 2.93. The molecule has 2 atom stereocenters. The second-order valence-electron chi connectivity index (χ2n) is 9.26. The van der Waals surface area contributed by atoms with Gasteiger partial charge in [-0.3, -0.25) is 13.9 Å². The van der Waals surface area contributed by atoms with E-state index in [4.69, 9.17) is 23.2 Å². The van der Waals surface area contributed by atoms with Gasteiger partial charge in [0.2, 0.25) is 11.8 Å². The van der Waals surface area contributed by atoms with Crippen molar-refractivity contribution >= 4 is 66.7 Å². The predicted octanol–water partition coefficient (Wildman–Crippen LogP) is 6.67. The highest BCUT2D eigenvalue weighted by molar-refractivity contribution is 9.10. The summed E-state index contributed by atoms with van der Waals surface area (Å²) in [5.41, 5.74) is 0.767. The number of sulfonamides is 1. The van der Waals surface area contributed by atoms with E-state index in [1.54, 1.807) is 67.6 Å². The quantitative estimate of drug-likeness (QED) is 0.234. The third kappa shape index (κ3) is 7.78. The molecule has 0 heterocycles. The topological polar surface area (TPSA) is 86.8 Å². The molecule has 0 aromatic heterocycles. The molecule has 0 unspecified atom stereocenters. The molecule has 0 saturated heterocycles. The minimum atomic E-state index is -4.14. The minimum absolute atomic E-state index is 0.0352. The molecule has 0 aliphatic rings. The maximum absolute atomic E-state index is 14.1. The monoisotopic (exact) mass is 667 g/mol. The smallest absolute Gasteiger partial charge is 0.264 e. The molecule has 3 rings (SSSR count). The van der Waals surface area contributed by atoms with E-state index in [0.29, 0.717) is 34.1 Å². The summed E-state index contributed by atoms with van der Waals surface area (Å²) in [6.45, 7) is 4.99. The van der Waals surface area contributed by atoms with Crippen LogP contribution in [0.25, 0.3) is 0 Å². The van der Waals surface area contributed by atoms with Gasteiger partial charge in [0.25, 0.3) is 10.0 Å². The third-order valence-corrected chi connectivity index (χ3v) is 9.53. The minimum Gasteiger partial charge on any atom is -0.352 e. The van der Waals surface area contributed by atoms with Crippen molar-refractivity contribution in [3.8, 4) is 0 Å². The van der Waals surface area contributed by atoms with Crippen LogP contribution in [0.4, 0.5) is 5.69 Å². The number of nitrogens with one attached hydrogen (secondary N) is 1. The van der Waals surface area contributed by atoms with Crippen LogP contribution >= 0.6 is 39.1 Å². The zero-order chi connectivity index (χ0) is 29.4. The van der Waals surface area contributed by atoms with Crippen molar-refractivity contribution in [2.24, 2.45) is 0 Å². The second kappa shape index (κ2) is 14.3. The van der Waals surface area contributed by atoms with E-state index in [0.717, 1.165) is 8.78 Å². The Labute approximate surface area is 254 Å². The van der Waals surface area contributed by atoms with Gasteiger partial charge in [-0.2, -0.15) is 0 Å². The van der Waals surface area contributed by atoms with Gasteiger partial charge in [0.1, 0.15) is 12.6 Å². The Hall–Kier alpha value is -2.59. The lowest BCUT2D eigenvalue weighted by atomic mass is 10.1. The van der Waals surface area contributed by atoms with Gasteiger partial charge in [-0.15, -0.1) is 0 Å². The van der Waals surface area contributed by atoms with Gasteiger partial charge < -0.3 is 10.2 Å². The van der Waals surface area contributed by atoms with E-state index in [1.165, 1.54) is 17.0 Å². The molecule has 1 N–H and O–H groups in total. The van der Waals surface area contributed by atoms with Crippen LogP contribution in [0.2, 0.25) is 10.0 Å². The highest BCUT2D eigenvalue weighted by Gasteiger charge is 2.34. The normalized spacial score (nSPS) is 12.8. The molecule has 3 aromatic rings. The Bertz CT molecular complexity index is 1400. The molecule has 0 aliphatic carbocycles. The van der Waals surface area contributed by atoms with Gasteiger partial charge in [-0.25, -0.2) is 8.42 Å². The largest absolute Gasteiger partial charge is 0.352 e. The first-order valence-electron chi connectivity index (χ1n) is 12.9. The molecular formula is C29H32BrCl2N3O4S. The fourth-order valence-corrected chi connectivity index (χ4v) is 6.29. The van der Waals surface area contributed by atoms with Gasteiger partial charge in [0.15, 0.2) is 0 Å². The molecular weight excluding hydrogens is 637 g/mol. The van der Waals surface area contributed by atoms with Crippen molar-refractivity contribution in [1.82, 2.24) is 10.2 Å². The lowest BCUT2D eigenvalue weighted by Gasteiger charge is -2.34. The molecule has 214 valence electrons. The van der Waals surface area contributed by atoms with Crippen molar-refractivity contribution in [2.75, 3.05) is 10.8 Å². The number of hydrogen-bond donors (Lipinski definition) is 1. The third-order valence-electron chi connectivity index (χ3n) is 6.50. The van der Waals surface area contributed by atoms with Crippen molar-refractivity contribution in [3.63, 3.8) is 0 Å². The summed E-state index contributed by atoms with van der Waals surface area (Å²) in [4.78, 5) is 28.8. The molecule has 0 spiro atoms. The Morgan fingerprint density at radius 2 is 1.50 bits per heavy atom. The summed E-state index contributed by atoms with van der Waals surface area (Å²) in [5.74, 6) is -0.918. The van der Waals surface area contributed by atoms with Gasteiger partial charge in [0, 0.05) is 32.7 Å². The highest BCUT2D eigenvalue weighted by Crippen LogP contribution is 2.29. The van der Waals surface area contributed by atoms with Crippen LogP contribution in [-0.2, 0) is 26.2 Å². The predicted molar refractivity (Wildman–Crippen MR) is 164 cm³/mol. The number of nitrogens with zero attached hydrogens (tertiary/aromatic N) is 2. The summed E-state index contributed by atoms with van der Waals surface area (Å²) < 4.78 is 29.4.